The van der Waals surface area contributed by atoms with Crippen molar-refractivity contribution in [2.45, 2.75) is 57.4 Å². The molecular weight excluding hydrogens is 266 g/mol. The molecule has 0 radical (unpaired) electrons. The average molecular weight is 285 g/mol. The summed E-state index contributed by atoms with van der Waals surface area (Å²) in [5.41, 5.74) is 2.85. The number of aryl methyl sites for hydroxylation is 1. The van der Waals surface area contributed by atoms with Crippen LogP contribution in [0, 0.1) is 6.92 Å². The minimum atomic E-state index is -0.877. The number of aromatic nitrogens is 3. The van der Waals surface area contributed by atoms with Crippen LogP contribution < -0.4 is 0 Å². The van der Waals surface area contributed by atoms with Gasteiger partial charge in [-0.2, -0.15) is 5.10 Å². The topological polar surface area (TPSA) is 68.0 Å². The summed E-state index contributed by atoms with van der Waals surface area (Å²) in [6.07, 6.45) is 6.92. The molecule has 0 spiro atoms. The van der Waals surface area contributed by atoms with Crippen molar-refractivity contribution in [2.24, 2.45) is 0 Å². The van der Waals surface area contributed by atoms with E-state index >= 15 is 0 Å². The number of carboxylic acid groups (broad SMARTS) is 1. The van der Waals surface area contributed by atoms with E-state index in [4.69, 9.17) is 4.98 Å². The van der Waals surface area contributed by atoms with Crippen LogP contribution in [0.4, 0.5) is 0 Å². The van der Waals surface area contributed by atoms with Gasteiger partial charge in [0.1, 0.15) is 0 Å². The largest absolute Gasteiger partial charge is 0.478 e. The van der Waals surface area contributed by atoms with Crippen LogP contribution in [0.25, 0.3) is 11.0 Å². The third-order valence-corrected chi connectivity index (χ3v) is 4.75. The van der Waals surface area contributed by atoms with Crippen LogP contribution in [0.15, 0.2) is 6.07 Å². The van der Waals surface area contributed by atoms with E-state index in [1.165, 1.54) is 12.8 Å². The second-order valence-corrected chi connectivity index (χ2v) is 6.34. The SMILES string of the molecule is Cc1nn(C2CCCC2)c2nc(C3CC3)cc(C(=O)O)c12. The Kier molecular flexibility index (Phi) is 2.77. The normalized spacial score (nSPS) is 19.5. The van der Waals surface area contributed by atoms with Gasteiger partial charge in [0.15, 0.2) is 5.65 Å². The monoisotopic (exact) mass is 285 g/mol. The molecule has 5 nitrogen and oxygen atoms in total. The first-order valence-electron chi connectivity index (χ1n) is 7.78. The maximum atomic E-state index is 11.6. The molecule has 0 amide bonds. The van der Waals surface area contributed by atoms with Gasteiger partial charge in [0.25, 0.3) is 0 Å². The lowest BCUT2D eigenvalue weighted by atomic mass is 10.1. The first-order valence-corrected chi connectivity index (χ1v) is 7.78. The van der Waals surface area contributed by atoms with Gasteiger partial charge in [-0.05, 0) is 38.7 Å². The van der Waals surface area contributed by atoms with Crippen LogP contribution in [0.3, 0.4) is 0 Å². The minimum absolute atomic E-state index is 0.364. The fraction of sp³-hybridized carbons (Fsp3) is 0.562. The molecule has 4 rings (SSSR count). The van der Waals surface area contributed by atoms with Crippen LogP contribution in [0.1, 0.15) is 72.2 Å². The molecule has 0 bridgehead atoms. The van der Waals surface area contributed by atoms with Gasteiger partial charge in [-0.25, -0.2) is 14.5 Å². The molecule has 2 saturated carbocycles. The van der Waals surface area contributed by atoms with Crippen molar-refractivity contribution in [3.63, 3.8) is 0 Å². The lowest BCUT2D eigenvalue weighted by molar-refractivity contribution is 0.0698. The molecule has 2 aliphatic rings. The van der Waals surface area contributed by atoms with Crippen LogP contribution in [0.2, 0.25) is 0 Å². The van der Waals surface area contributed by atoms with E-state index in [9.17, 15) is 9.90 Å². The number of rotatable bonds is 3. The molecule has 0 atom stereocenters. The molecule has 0 aliphatic heterocycles. The van der Waals surface area contributed by atoms with Gasteiger partial charge in [-0.3, -0.25) is 0 Å². The number of pyridine rings is 1. The van der Waals surface area contributed by atoms with Crippen LogP contribution in [-0.4, -0.2) is 25.8 Å². The number of carbonyl (C=O) groups is 1. The highest BCUT2D eigenvalue weighted by Gasteiger charge is 2.30. The predicted molar refractivity (Wildman–Crippen MR) is 78.7 cm³/mol. The quantitative estimate of drug-likeness (QED) is 0.938. The maximum Gasteiger partial charge on any atom is 0.336 e. The number of aromatic carboxylic acids is 1. The summed E-state index contributed by atoms with van der Waals surface area (Å²) >= 11 is 0. The second-order valence-electron chi connectivity index (χ2n) is 6.34. The molecule has 0 unspecified atom stereocenters. The van der Waals surface area contributed by atoms with Crippen molar-refractivity contribution in [1.29, 1.82) is 0 Å². The Balaban J connectivity index is 1.96. The van der Waals surface area contributed by atoms with Crippen molar-refractivity contribution in [3.05, 3.63) is 23.0 Å². The molecule has 0 aromatic carbocycles. The molecule has 21 heavy (non-hydrogen) atoms. The Labute approximate surface area is 123 Å². The van der Waals surface area contributed by atoms with Gasteiger partial charge in [0, 0.05) is 11.6 Å². The van der Waals surface area contributed by atoms with Crippen molar-refractivity contribution >= 4 is 17.0 Å². The van der Waals surface area contributed by atoms with Gasteiger partial charge in [0.2, 0.25) is 0 Å². The number of nitrogens with zero attached hydrogens (tertiary/aromatic N) is 3. The fourth-order valence-electron chi connectivity index (χ4n) is 3.49. The molecule has 2 heterocycles. The lowest BCUT2D eigenvalue weighted by Gasteiger charge is -2.11. The highest BCUT2D eigenvalue weighted by Crippen LogP contribution is 2.41. The third kappa shape index (κ3) is 2.03. The first-order chi connectivity index (χ1) is 10.1. The van der Waals surface area contributed by atoms with Crippen LogP contribution in [0.5, 0.6) is 0 Å². The smallest absolute Gasteiger partial charge is 0.336 e. The van der Waals surface area contributed by atoms with Gasteiger partial charge >= 0.3 is 5.97 Å². The van der Waals surface area contributed by atoms with Gasteiger partial charge in [-0.15, -0.1) is 0 Å². The highest BCUT2D eigenvalue weighted by molar-refractivity contribution is 6.03. The standard InChI is InChI=1S/C16H19N3O2/c1-9-14-12(16(20)21)8-13(10-6-7-10)17-15(14)19(18-9)11-4-2-3-5-11/h8,10-11H,2-7H2,1H3,(H,20,21). The van der Waals surface area contributed by atoms with Crippen LogP contribution >= 0.6 is 0 Å². The van der Waals surface area contributed by atoms with Crippen molar-refractivity contribution in [2.75, 3.05) is 0 Å². The molecule has 2 aliphatic carbocycles. The van der Waals surface area contributed by atoms with Crippen LogP contribution in [-0.2, 0) is 0 Å². The van der Waals surface area contributed by atoms with Crippen molar-refractivity contribution in [3.8, 4) is 0 Å². The summed E-state index contributed by atoms with van der Waals surface area (Å²) in [6.45, 7) is 1.89. The van der Waals surface area contributed by atoms with E-state index < -0.39 is 5.97 Å². The van der Waals surface area contributed by atoms with Gasteiger partial charge < -0.3 is 5.11 Å². The van der Waals surface area contributed by atoms with Gasteiger partial charge in [0.05, 0.1) is 22.7 Å². The molecule has 2 aromatic heterocycles. The summed E-state index contributed by atoms with van der Waals surface area (Å²) in [6, 6.07) is 2.14. The zero-order chi connectivity index (χ0) is 14.6. The summed E-state index contributed by atoms with van der Waals surface area (Å²) < 4.78 is 2.00. The van der Waals surface area contributed by atoms with E-state index in [0.29, 0.717) is 17.5 Å². The van der Waals surface area contributed by atoms with E-state index in [-0.39, 0.29) is 0 Å². The number of carboxylic acids is 1. The Bertz CT molecular complexity index is 725. The predicted octanol–water partition coefficient (Wildman–Crippen LogP) is 3.43. The summed E-state index contributed by atoms with van der Waals surface area (Å²) in [5, 5.41) is 14.9. The first kappa shape index (κ1) is 12.8. The van der Waals surface area contributed by atoms with E-state index in [2.05, 4.69) is 5.10 Å². The molecular formula is C16H19N3O2. The zero-order valence-electron chi connectivity index (χ0n) is 12.2. The number of fused-ring (bicyclic) bond motifs is 1. The molecule has 1 N–H and O–H groups in total. The number of hydrogen-bond donors (Lipinski definition) is 1. The Hall–Kier alpha value is -1.91. The molecule has 0 saturated heterocycles. The van der Waals surface area contributed by atoms with Crippen molar-refractivity contribution < 1.29 is 9.90 Å². The Morgan fingerprint density at radius 2 is 2.00 bits per heavy atom. The van der Waals surface area contributed by atoms with E-state index in [0.717, 1.165) is 48.1 Å². The van der Waals surface area contributed by atoms with Gasteiger partial charge in [-0.1, -0.05) is 12.8 Å². The molecule has 5 heteroatoms. The third-order valence-electron chi connectivity index (χ3n) is 4.75. The summed E-state index contributed by atoms with van der Waals surface area (Å²) in [7, 11) is 0. The van der Waals surface area contributed by atoms with Crippen molar-refractivity contribution in [1.82, 2.24) is 14.8 Å². The Morgan fingerprint density at radius 3 is 2.62 bits per heavy atom. The summed E-state index contributed by atoms with van der Waals surface area (Å²) in [4.78, 5) is 16.4. The Morgan fingerprint density at radius 1 is 1.29 bits per heavy atom. The summed E-state index contributed by atoms with van der Waals surface area (Å²) in [5.74, 6) is -0.432. The zero-order valence-corrected chi connectivity index (χ0v) is 12.2. The maximum absolute atomic E-state index is 11.6. The average Bonchev–Trinajstić information content (AvgIpc) is 3.07. The van der Waals surface area contributed by atoms with E-state index in [1.54, 1.807) is 6.07 Å². The number of hydrogen-bond acceptors (Lipinski definition) is 3. The minimum Gasteiger partial charge on any atom is -0.478 e. The fourth-order valence-corrected chi connectivity index (χ4v) is 3.49. The molecule has 2 fully saturated rings. The lowest BCUT2D eigenvalue weighted by Crippen LogP contribution is -2.09. The molecule has 110 valence electrons. The van der Waals surface area contributed by atoms with E-state index in [1.807, 2.05) is 11.6 Å². The second kappa shape index (κ2) is 4.55. The molecule has 2 aromatic rings. The highest BCUT2D eigenvalue weighted by atomic mass is 16.4.